The van der Waals surface area contributed by atoms with Crippen molar-refractivity contribution in [3.63, 3.8) is 0 Å². The van der Waals surface area contributed by atoms with E-state index in [1.807, 2.05) is 52.8 Å². The fourth-order valence-electron chi connectivity index (χ4n) is 3.99. The van der Waals surface area contributed by atoms with E-state index in [1.165, 1.54) is 12.0 Å². The second-order valence-corrected chi connectivity index (χ2v) is 10.7. The number of anilines is 1. The summed E-state index contributed by atoms with van der Waals surface area (Å²) in [5, 5.41) is 14.2. The molecule has 0 aromatic carbocycles. The van der Waals surface area contributed by atoms with Crippen LogP contribution in [0.4, 0.5) is 5.82 Å². The Balaban J connectivity index is 1.40. The highest BCUT2D eigenvalue weighted by Crippen LogP contribution is 2.44. The zero-order chi connectivity index (χ0) is 21.2. The average Bonchev–Trinajstić information content (AvgIpc) is 3.32. The number of hydrazone groups is 1. The Morgan fingerprint density at radius 3 is 2.97 bits per heavy atom. The fourth-order valence-corrected chi connectivity index (χ4v) is 6.76. The summed E-state index contributed by atoms with van der Waals surface area (Å²) in [6.07, 6.45) is 16.5. The summed E-state index contributed by atoms with van der Waals surface area (Å²) in [5.74, 6) is 2.51. The van der Waals surface area contributed by atoms with E-state index < -0.39 is 5.92 Å². The molecule has 9 heteroatoms. The van der Waals surface area contributed by atoms with Gasteiger partial charge in [0.15, 0.2) is 6.17 Å². The molecule has 162 valence electrons. The van der Waals surface area contributed by atoms with Crippen molar-refractivity contribution in [2.45, 2.75) is 43.0 Å². The molecule has 3 atom stereocenters. The third kappa shape index (κ3) is 4.39. The molecule has 1 saturated heterocycles. The quantitative estimate of drug-likeness (QED) is 0.731. The first-order valence-electron chi connectivity index (χ1n) is 10.7. The summed E-state index contributed by atoms with van der Waals surface area (Å²) in [6.45, 7) is 2.10. The first kappa shape index (κ1) is 20.6. The molecule has 3 unspecified atom stereocenters. The van der Waals surface area contributed by atoms with Crippen molar-refractivity contribution in [3.8, 4) is 0 Å². The molecule has 0 bridgehead atoms. The van der Waals surface area contributed by atoms with E-state index in [1.54, 1.807) is 11.2 Å². The molecule has 5 rings (SSSR count). The van der Waals surface area contributed by atoms with Crippen LogP contribution in [0.1, 0.15) is 42.5 Å². The molecule has 31 heavy (non-hydrogen) atoms. The predicted molar refractivity (Wildman–Crippen MR) is 130 cm³/mol. The summed E-state index contributed by atoms with van der Waals surface area (Å²) in [7, 11) is 0. The summed E-state index contributed by atoms with van der Waals surface area (Å²) in [5.41, 5.74) is 2.29. The molecule has 3 aliphatic heterocycles. The molecule has 4 heterocycles. The third-order valence-electron chi connectivity index (χ3n) is 5.66. The van der Waals surface area contributed by atoms with Gasteiger partial charge in [-0.3, -0.25) is 9.79 Å². The second kappa shape index (κ2) is 9.08. The van der Waals surface area contributed by atoms with Crippen LogP contribution in [0, 0.1) is 5.92 Å². The van der Waals surface area contributed by atoms with E-state index >= 15 is 0 Å². The minimum absolute atomic E-state index is 0.0962. The van der Waals surface area contributed by atoms with Gasteiger partial charge in [0, 0.05) is 31.1 Å². The first-order chi connectivity index (χ1) is 15.2. The predicted octanol–water partition coefficient (Wildman–Crippen LogP) is 4.37. The first-order valence-corrected chi connectivity index (χ1v) is 12.8. The number of nitrogens with one attached hydrogen (secondary N) is 1. The SMILES string of the molecule is CC1=CCC(n2nc(C3SCCCS3)cc2NC(=O)C2C=NN3C=CCC=NC23)C=C1. The van der Waals surface area contributed by atoms with Gasteiger partial charge in [-0.05, 0) is 31.3 Å². The Morgan fingerprint density at radius 1 is 1.29 bits per heavy atom. The van der Waals surface area contributed by atoms with Crippen LogP contribution in [0.15, 0.2) is 52.2 Å². The van der Waals surface area contributed by atoms with Crippen LogP contribution in [0.2, 0.25) is 0 Å². The molecule has 0 radical (unpaired) electrons. The van der Waals surface area contributed by atoms with Crippen LogP contribution in [-0.2, 0) is 4.79 Å². The van der Waals surface area contributed by atoms with Gasteiger partial charge in [0.1, 0.15) is 11.7 Å². The zero-order valence-corrected chi connectivity index (χ0v) is 19.1. The number of aliphatic imine (C=N–C) groups is 1. The molecule has 1 N–H and O–H groups in total. The summed E-state index contributed by atoms with van der Waals surface area (Å²) in [6, 6.07) is 2.14. The summed E-state index contributed by atoms with van der Waals surface area (Å²) in [4.78, 5) is 17.8. The minimum Gasteiger partial charge on any atom is -0.310 e. The third-order valence-corrected chi connectivity index (χ3v) is 8.62. The largest absolute Gasteiger partial charge is 0.310 e. The highest BCUT2D eigenvalue weighted by atomic mass is 32.2. The monoisotopic (exact) mass is 454 g/mol. The lowest BCUT2D eigenvalue weighted by Crippen LogP contribution is -2.35. The van der Waals surface area contributed by atoms with Crippen LogP contribution < -0.4 is 5.32 Å². The number of rotatable bonds is 4. The molecular formula is C22H26N6OS2. The fraction of sp³-hybridized carbons (Fsp3) is 0.455. The topological polar surface area (TPSA) is 74.9 Å². The maximum atomic E-state index is 13.2. The van der Waals surface area contributed by atoms with Gasteiger partial charge in [-0.15, -0.1) is 23.5 Å². The number of hydrogen-bond acceptors (Lipinski definition) is 7. The molecule has 1 aromatic heterocycles. The van der Waals surface area contributed by atoms with E-state index in [2.05, 4.69) is 40.6 Å². The van der Waals surface area contributed by atoms with Gasteiger partial charge in [0.2, 0.25) is 5.91 Å². The van der Waals surface area contributed by atoms with Crippen LogP contribution >= 0.6 is 23.5 Å². The van der Waals surface area contributed by atoms with E-state index in [0.717, 1.165) is 35.9 Å². The summed E-state index contributed by atoms with van der Waals surface area (Å²) < 4.78 is 2.29. The van der Waals surface area contributed by atoms with E-state index in [0.29, 0.717) is 4.58 Å². The van der Waals surface area contributed by atoms with E-state index in [9.17, 15) is 4.79 Å². The standard InChI is InChI=1S/C22H26N6OS2/c1-15-5-7-16(8-6-15)28-19(13-18(26-28)22-30-11-4-12-31-22)25-21(29)17-14-24-27-10-3-2-9-23-20(17)27/h3,5-7,9-10,13-14,16-17,20,22H,2,4,8,11-12H2,1H3,(H,25,29). The van der Waals surface area contributed by atoms with Crippen LogP contribution in [0.5, 0.6) is 0 Å². The van der Waals surface area contributed by atoms with Crippen LogP contribution in [-0.4, -0.2) is 50.8 Å². The normalized spacial score (nSPS) is 27.8. The number of amides is 1. The summed E-state index contributed by atoms with van der Waals surface area (Å²) >= 11 is 3.87. The Bertz CT molecular complexity index is 988. The number of carbonyl (C=O) groups excluding carboxylic acids is 1. The van der Waals surface area contributed by atoms with E-state index in [4.69, 9.17) is 5.10 Å². The Labute approximate surface area is 190 Å². The number of aromatic nitrogens is 2. The lowest BCUT2D eigenvalue weighted by atomic mass is 10.0. The van der Waals surface area contributed by atoms with Crippen molar-refractivity contribution in [2.75, 3.05) is 16.8 Å². The van der Waals surface area contributed by atoms with Gasteiger partial charge in [0.05, 0.1) is 16.3 Å². The highest BCUT2D eigenvalue weighted by molar-refractivity contribution is 8.16. The molecule has 1 fully saturated rings. The lowest BCUT2D eigenvalue weighted by molar-refractivity contribution is -0.118. The van der Waals surface area contributed by atoms with Crippen molar-refractivity contribution < 1.29 is 4.79 Å². The van der Waals surface area contributed by atoms with Crippen molar-refractivity contribution in [1.29, 1.82) is 0 Å². The molecule has 0 saturated carbocycles. The number of allylic oxidation sites excluding steroid dienone is 5. The maximum absolute atomic E-state index is 13.2. The van der Waals surface area contributed by atoms with Crippen LogP contribution in [0.3, 0.4) is 0 Å². The maximum Gasteiger partial charge on any atom is 0.238 e. The number of thioether (sulfide) groups is 2. The van der Waals surface area contributed by atoms with E-state index in [-0.39, 0.29) is 18.1 Å². The number of hydrogen-bond donors (Lipinski definition) is 1. The highest BCUT2D eigenvalue weighted by Gasteiger charge is 2.36. The molecular weight excluding hydrogens is 428 g/mol. The van der Waals surface area contributed by atoms with Gasteiger partial charge in [-0.25, -0.2) is 9.69 Å². The van der Waals surface area contributed by atoms with Gasteiger partial charge < -0.3 is 5.32 Å². The molecule has 1 amide bonds. The molecule has 1 aromatic rings. The van der Waals surface area contributed by atoms with Gasteiger partial charge >= 0.3 is 0 Å². The number of nitrogens with zero attached hydrogens (tertiary/aromatic N) is 5. The van der Waals surface area contributed by atoms with Gasteiger partial charge in [0.25, 0.3) is 0 Å². The van der Waals surface area contributed by atoms with Crippen molar-refractivity contribution >= 4 is 47.7 Å². The molecule has 1 aliphatic carbocycles. The molecule has 4 aliphatic rings. The van der Waals surface area contributed by atoms with Crippen molar-refractivity contribution in [1.82, 2.24) is 14.8 Å². The molecule has 7 nitrogen and oxygen atoms in total. The zero-order valence-electron chi connectivity index (χ0n) is 17.4. The Morgan fingerprint density at radius 2 is 2.16 bits per heavy atom. The second-order valence-electron chi connectivity index (χ2n) is 7.96. The molecule has 0 spiro atoms. The minimum atomic E-state index is -0.437. The Kier molecular flexibility index (Phi) is 6.04. The smallest absolute Gasteiger partial charge is 0.238 e. The van der Waals surface area contributed by atoms with Gasteiger partial charge in [-0.1, -0.05) is 29.9 Å². The lowest BCUT2D eigenvalue weighted by Gasteiger charge is -2.21. The number of fused-ring (bicyclic) bond motifs is 1. The average molecular weight is 455 g/mol. The Hall–Kier alpha value is -2.26. The van der Waals surface area contributed by atoms with Crippen molar-refractivity contribution in [3.05, 3.63) is 47.8 Å². The van der Waals surface area contributed by atoms with Crippen LogP contribution in [0.25, 0.3) is 0 Å². The number of carbonyl (C=O) groups is 1. The van der Waals surface area contributed by atoms with Crippen molar-refractivity contribution in [2.24, 2.45) is 16.0 Å². The van der Waals surface area contributed by atoms with Gasteiger partial charge in [-0.2, -0.15) is 10.2 Å².